The van der Waals surface area contributed by atoms with Crippen LogP contribution >= 0.6 is 0 Å². The Balaban J connectivity index is 1.95. The van der Waals surface area contributed by atoms with Crippen molar-refractivity contribution in [3.63, 3.8) is 0 Å². The van der Waals surface area contributed by atoms with Crippen molar-refractivity contribution in [1.29, 1.82) is 0 Å². The van der Waals surface area contributed by atoms with Gasteiger partial charge in [-0.25, -0.2) is 9.97 Å². The van der Waals surface area contributed by atoms with Crippen molar-refractivity contribution < 1.29 is 9.13 Å². The first kappa shape index (κ1) is 15.1. The molecule has 3 rings (SSSR count). The molecule has 118 valence electrons. The number of pyridine rings is 1. The van der Waals surface area contributed by atoms with Crippen molar-refractivity contribution in [2.75, 3.05) is 6.61 Å². The molecule has 3 heterocycles. The van der Waals surface area contributed by atoms with Gasteiger partial charge in [-0.05, 0) is 26.0 Å². The highest BCUT2D eigenvalue weighted by molar-refractivity contribution is 5.49. The zero-order valence-corrected chi connectivity index (χ0v) is 12.9. The van der Waals surface area contributed by atoms with Crippen LogP contribution in [0.25, 0.3) is 11.5 Å². The second-order valence-electron chi connectivity index (χ2n) is 4.95. The highest BCUT2D eigenvalue weighted by Gasteiger charge is 2.13. The molecule has 0 fully saturated rings. The van der Waals surface area contributed by atoms with Gasteiger partial charge in [-0.1, -0.05) is 6.07 Å². The number of ether oxygens (including phenoxy) is 1. The third kappa shape index (κ3) is 3.33. The van der Waals surface area contributed by atoms with E-state index in [1.54, 1.807) is 24.5 Å². The molecular weight excluding hydrogens is 297 g/mol. The highest BCUT2D eigenvalue weighted by Crippen LogP contribution is 2.21. The summed E-state index contributed by atoms with van der Waals surface area (Å²) in [5.41, 5.74) is 1.94. The number of hydrogen-bond acceptors (Lipinski definition) is 5. The van der Waals surface area contributed by atoms with Crippen LogP contribution < -0.4 is 4.74 Å². The molecule has 0 aliphatic heterocycles. The molecule has 0 N–H and O–H groups in total. The van der Waals surface area contributed by atoms with E-state index in [2.05, 4.69) is 20.2 Å². The Morgan fingerprint density at radius 1 is 1.26 bits per heavy atom. The average molecular weight is 313 g/mol. The van der Waals surface area contributed by atoms with Crippen molar-refractivity contribution in [2.24, 2.45) is 0 Å². The van der Waals surface area contributed by atoms with Crippen LogP contribution in [0.5, 0.6) is 5.75 Å². The summed E-state index contributed by atoms with van der Waals surface area (Å²) >= 11 is 0. The number of aromatic nitrogens is 5. The first-order valence-electron chi connectivity index (χ1n) is 7.27. The monoisotopic (exact) mass is 313 g/mol. The highest BCUT2D eigenvalue weighted by atomic mass is 19.1. The van der Waals surface area contributed by atoms with E-state index in [0.29, 0.717) is 36.1 Å². The van der Waals surface area contributed by atoms with Crippen molar-refractivity contribution in [3.05, 3.63) is 54.0 Å². The van der Waals surface area contributed by atoms with Crippen LogP contribution in [-0.2, 0) is 6.54 Å². The van der Waals surface area contributed by atoms with E-state index in [9.17, 15) is 4.39 Å². The standard InChI is InChI=1S/C16H16FN5O/c1-3-23-14-9-11(2)20-21-13(14)10-22-8-7-18-16(22)12-5-4-6-15(17)19-12/h4-9H,3,10H2,1-2H3. The van der Waals surface area contributed by atoms with Crippen molar-refractivity contribution >= 4 is 0 Å². The molecule has 0 amide bonds. The van der Waals surface area contributed by atoms with Gasteiger partial charge in [0.2, 0.25) is 5.95 Å². The molecule has 23 heavy (non-hydrogen) atoms. The van der Waals surface area contributed by atoms with Gasteiger partial charge in [0.25, 0.3) is 0 Å². The number of imidazole rings is 1. The largest absolute Gasteiger partial charge is 0.492 e. The lowest BCUT2D eigenvalue weighted by Gasteiger charge is -2.11. The number of halogens is 1. The lowest BCUT2D eigenvalue weighted by molar-refractivity contribution is 0.332. The van der Waals surface area contributed by atoms with Crippen LogP contribution in [0.15, 0.2) is 36.7 Å². The fourth-order valence-electron chi connectivity index (χ4n) is 2.24. The maximum Gasteiger partial charge on any atom is 0.213 e. The van der Waals surface area contributed by atoms with E-state index in [0.717, 1.165) is 5.69 Å². The van der Waals surface area contributed by atoms with Gasteiger partial charge in [-0.3, -0.25) is 0 Å². The molecule has 0 aliphatic rings. The van der Waals surface area contributed by atoms with Gasteiger partial charge in [0.1, 0.15) is 17.1 Å². The minimum Gasteiger partial charge on any atom is -0.492 e. The van der Waals surface area contributed by atoms with Crippen LogP contribution in [0.2, 0.25) is 0 Å². The Kier molecular flexibility index (Phi) is 4.27. The van der Waals surface area contributed by atoms with Gasteiger partial charge in [0.05, 0.1) is 18.8 Å². The van der Waals surface area contributed by atoms with Crippen molar-refractivity contribution in [3.8, 4) is 17.3 Å². The SMILES string of the molecule is CCOc1cc(C)nnc1Cn1ccnc1-c1cccc(F)n1. The normalized spacial score (nSPS) is 10.7. The topological polar surface area (TPSA) is 65.7 Å². The van der Waals surface area contributed by atoms with Gasteiger partial charge >= 0.3 is 0 Å². The summed E-state index contributed by atoms with van der Waals surface area (Å²) in [4.78, 5) is 8.14. The molecule has 0 aliphatic carbocycles. The third-order valence-electron chi connectivity index (χ3n) is 3.23. The minimum absolute atomic E-state index is 0.413. The third-order valence-corrected chi connectivity index (χ3v) is 3.23. The quantitative estimate of drug-likeness (QED) is 0.677. The molecule has 0 bridgehead atoms. The van der Waals surface area contributed by atoms with E-state index < -0.39 is 5.95 Å². The zero-order chi connectivity index (χ0) is 16.2. The number of aryl methyl sites for hydroxylation is 1. The fourth-order valence-corrected chi connectivity index (χ4v) is 2.24. The molecule has 0 aromatic carbocycles. The predicted octanol–water partition coefficient (Wildman–Crippen LogP) is 2.63. The van der Waals surface area contributed by atoms with E-state index >= 15 is 0 Å². The molecule has 6 nitrogen and oxygen atoms in total. The Morgan fingerprint density at radius 2 is 2.13 bits per heavy atom. The summed E-state index contributed by atoms with van der Waals surface area (Å²) in [6, 6.07) is 6.47. The van der Waals surface area contributed by atoms with Crippen molar-refractivity contribution in [1.82, 2.24) is 24.7 Å². The summed E-state index contributed by atoms with van der Waals surface area (Å²) in [6.07, 6.45) is 3.43. The Labute approximate surface area is 133 Å². The lowest BCUT2D eigenvalue weighted by Crippen LogP contribution is -2.08. The Hall–Kier alpha value is -2.83. The second kappa shape index (κ2) is 6.51. The molecule has 3 aromatic heterocycles. The predicted molar refractivity (Wildman–Crippen MR) is 82.5 cm³/mol. The van der Waals surface area contributed by atoms with E-state index in [-0.39, 0.29) is 0 Å². The maximum atomic E-state index is 13.3. The summed E-state index contributed by atoms with van der Waals surface area (Å²) < 4.78 is 20.8. The van der Waals surface area contributed by atoms with Crippen LogP contribution in [0.3, 0.4) is 0 Å². The summed E-state index contributed by atoms with van der Waals surface area (Å²) in [5.74, 6) is 0.711. The van der Waals surface area contributed by atoms with Crippen molar-refractivity contribution in [2.45, 2.75) is 20.4 Å². The smallest absolute Gasteiger partial charge is 0.213 e. The number of rotatable bonds is 5. The van der Waals surface area contributed by atoms with Crippen LogP contribution in [0, 0.1) is 12.9 Å². The first-order chi connectivity index (χ1) is 11.2. The Morgan fingerprint density at radius 3 is 2.91 bits per heavy atom. The average Bonchev–Trinajstić information content (AvgIpc) is 2.98. The lowest BCUT2D eigenvalue weighted by atomic mass is 10.3. The maximum absolute atomic E-state index is 13.3. The molecule has 0 atom stereocenters. The number of hydrogen-bond donors (Lipinski definition) is 0. The van der Waals surface area contributed by atoms with Crippen LogP contribution in [-0.4, -0.2) is 31.3 Å². The Bertz CT molecular complexity index is 818. The molecular formula is C16H16FN5O. The van der Waals surface area contributed by atoms with Gasteiger partial charge < -0.3 is 9.30 Å². The fraction of sp³-hybridized carbons (Fsp3) is 0.250. The molecule has 0 radical (unpaired) electrons. The second-order valence-corrected chi connectivity index (χ2v) is 4.95. The summed E-state index contributed by atoms with van der Waals surface area (Å²) in [5, 5.41) is 8.29. The van der Waals surface area contributed by atoms with Gasteiger partial charge in [-0.2, -0.15) is 9.49 Å². The summed E-state index contributed by atoms with van der Waals surface area (Å²) in [7, 11) is 0. The molecule has 0 saturated heterocycles. The summed E-state index contributed by atoms with van der Waals surface area (Å²) in [6.45, 7) is 4.73. The molecule has 7 heteroatoms. The van der Waals surface area contributed by atoms with Crippen LogP contribution in [0.4, 0.5) is 4.39 Å². The van der Waals surface area contributed by atoms with Gasteiger partial charge in [0, 0.05) is 18.5 Å². The van der Waals surface area contributed by atoms with Gasteiger partial charge in [-0.15, -0.1) is 5.10 Å². The molecule has 0 spiro atoms. The first-order valence-corrected chi connectivity index (χ1v) is 7.27. The van der Waals surface area contributed by atoms with Gasteiger partial charge in [0.15, 0.2) is 5.82 Å². The molecule has 3 aromatic rings. The van der Waals surface area contributed by atoms with E-state index in [1.165, 1.54) is 6.07 Å². The van der Waals surface area contributed by atoms with Crippen LogP contribution in [0.1, 0.15) is 18.3 Å². The zero-order valence-electron chi connectivity index (χ0n) is 12.9. The van der Waals surface area contributed by atoms with E-state index in [1.807, 2.05) is 24.5 Å². The number of nitrogens with zero attached hydrogens (tertiary/aromatic N) is 5. The minimum atomic E-state index is -0.540. The van der Waals surface area contributed by atoms with E-state index in [4.69, 9.17) is 4.74 Å². The molecule has 0 unspecified atom stereocenters. The molecule has 0 saturated carbocycles.